The van der Waals surface area contributed by atoms with E-state index in [9.17, 15) is 19.2 Å². The fraction of sp³-hybridized carbons (Fsp3) is 0.591. The van der Waals surface area contributed by atoms with E-state index in [-0.39, 0.29) is 46.9 Å². The van der Waals surface area contributed by atoms with Gasteiger partial charge in [0.2, 0.25) is 0 Å². The van der Waals surface area contributed by atoms with Crippen molar-refractivity contribution >= 4 is 22.9 Å². The van der Waals surface area contributed by atoms with E-state index in [0.717, 1.165) is 18.5 Å². The van der Waals surface area contributed by atoms with Crippen molar-refractivity contribution in [1.29, 1.82) is 0 Å². The van der Waals surface area contributed by atoms with Gasteiger partial charge < -0.3 is 9.64 Å². The van der Waals surface area contributed by atoms with Gasteiger partial charge in [-0.15, -0.1) is 0 Å². The lowest BCUT2D eigenvalue weighted by atomic mass is 9.97. The monoisotopic (exact) mass is 428 g/mol. The van der Waals surface area contributed by atoms with Gasteiger partial charge in [-0.05, 0) is 45.1 Å². The summed E-state index contributed by atoms with van der Waals surface area (Å²) in [6, 6.07) is 1.70. The van der Waals surface area contributed by atoms with Gasteiger partial charge in [0.15, 0.2) is 5.65 Å². The number of fused-ring (bicyclic) bond motifs is 1. The third-order valence-electron chi connectivity index (χ3n) is 5.97. The molecule has 2 aromatic heterocycles. The van der Waals surface area contributed by atoms with Crippen molar-refractivity contribution in [2.75, 3.05) is 19.7 Å². The highest BCUT2D eigenvalue weighted by atomic mass is 16.5. The van der Waals surface area contributed by atoms with Crippen LogP contribution in [-0.2, 0) is 16.1 Å². The van der Waals surface area contributed by atoms with Gasteiger partial charge in [0.1, 0.15) is 0 Å². The van der Waals surface area contributed by atoms with Gasteiger partial charge in [0, 0.05) is 31.2 Å². The van der Waals surface area contributed by atoms with Crippen LogP contribution in [0, 0.1) is 5.92 Å². The van der Waals surface area contributed by atoms with Crippen LogP contribution in [0.4, 0.5) is 0 Å². The second-order valence-corrected chi connectivity index (χ2v) is 8.32. The summed E-state index contributed by atoms with van der Waals surface area (Å²) in [5, 5.41) is 0.140. The molecule has 9 nitrogen and oxygen atoms in total. The number of ether oxygens (including phenoxy) is 1. The number of piperidine rings is 1. The van der Waals surface area contributed by atoms with E-state index in [1.807, 2.05) is 6.92 Å². The van der Waals surface area contributed by atoms with Crippen LogP contribution in [0.1, 0.15) is 67.9 Å². The maximum absolute atomic E-state index is 13.5. The maximum Gasteiger partial charge on any atom is 0.329 e. The SMILES string of the molecule is CCCn1c(=O)[nH]c(=O)c2c(C(=O)N3CCCC(C(=O)OCC)C3)cc(C3CC3)nc21. The van der Waals surface area contributed by atoms with E-state index in [1.165, 1.54) is 4.57 Å². The number of pyridine rings is 1. The molecule has 1 aliphatic heterocycles. The first-order valence-corrected chi connectivity index (χ1v) is 11.1. The molecular weight excluding hydrogens is 400 g/mol. The first kappa shape index (κ1) is 21.3. The van der Waals surface area contributed by atoms with Gasteiger partial charge in [-0.2, -0.15) is 0 Å². The zero-order chi connectivity index (χ0) is 22.1. The molecule has 1 unspecified atom stereocenters. The van der Waals surface area contributed by atoms with Crippen LogP contribution in [0.2, 0.25) is 0 Å². The fourth-order valence-corrected chi connectivity index (χ4v) is 4.27. The zero-order valence-electron chi connectivity index (χ0n) is 18.0. The lowest BCUT2D eigenvalue weighted by Gasteiger charge is -2.32. The molecule has 1 saturated heterocycles. The van der Waals surface area contributed by atoms with E-state index in [1.54, 1.807) is 17.9 Å². The molecule has 2 aromatic rings. The third kappa shape index (κ3) is 4.13. The zero-order valence-corrected chi connectivity index (χ0v) is 18.0. The average Bonchev–Trinajstić information content (AvgIpc) is 3.61. The number of nitrogens with zero attached hydrogens (tertiary/aromatic N) is 3. The Hall–Kier alpha value is -2.97. The molecule has 0 radical (unpaired) electrons. The fourth-order valence-electron chi connectivity index (χ4n) is 4.27. The van der Waals surface area contributed by atoms with Gasteiger partial charge in [0.05, 0.1) is 23.5 Å². The molecule has 2 aliphatic rings. The number of carbonyl (C=O) groups is 2. The van der Waals surface area contributed by atoms with Gasteiger partial charge in [-0.1, -0.05) is 6.92 Å². The minimum Gasteiger partial charge on any atom is -0.466 e. The first-order chi connectivity index (χ1) is 14.9. The summed E-state index contributed by atoms with van der Waals surface area (Å²) in [4.78, 5) is 59.5. The van der Waals surface area contributed by atoms with E-state index in [0.29, 0.717) is 39.0 Å². The number of aromatic amines is 1. The topological polar surface area (TPSA) is 114 Å². The van der Waals surface area contributed by atoms with E-state index in [4.69, 9.17) is 4.74 Å². The molecule has 1 aliphatic carbocycles. The van der Waals surface area contributed by atoms with Crippen LogP contribution in [-0.4, -0.2) is 51.0 Å². The Bertz CT molecular complexity index is 1130. The number of hydrogen-bond donors (Lipinski definition) is 1. The van der Waals surface area contributed by atoms with Crippen LogP contribution >= 0.6 is 0 Å². The second kappa shape index (κ2) is 8.64. The number of esters is 1. The summed E-state index contributed by atoms with van der Waals surface area (Å²) < 4.78 is 6.58. The summed E-state index contributed by atoms with van der Waals surface area (Å²) in [5.41, 5.74) is 0.137. The van der Waals surface area contributed by atoms with Gasteiger partial charge in [-0.3, -0.25) is 23.9 Å². The standard InChI is InChI=1S/C22H28N4O5/c1-3-9-26-18-17(19(27)24-22(26)30)15(11-16(23-18)13-7-8-13)20(28)25-10-5-6-14(12-25)21(29)31-4-2/h11,13-14H,3-10,12H2,1-2H3,(H,24,27,30). The van der Waals surface area contributed by atoms with Gasteiger partial charge in [0.25, 0.3) is 11.5 Å². The van der Waals surface area contributed by atoms with Crippen molar-refractivity contribution in [3.8, 4) is 0 Å². The van der Waals surface area contributed by atoms with Crippen molar-refractivity contribution < 1.29 is 14.3 Å². The number of aryl methyl sites for hydroxylation is 1. The van der Waals surface area contributed by atoms with Crippen molar-refractivity contribution in [1.82, 2.24) is 19.4 Å². The van der Waals surface area contributed by atoms with Gasteiger partial charge >= 0.3 is 11.7 Å². The number of carbonyl (C=O) groups excluding carboxylic acids is 2. The summed E-state index contributed by atoms with van der Waals surface area (Å²) >= 11 is 0. The minimum absolute atomic E-state index is 0.140. The van der Waals surface area contributed by atoms with Crippen LogP contribution in [0.5, 0.6) is 0 Å². The van der Waals surface area contributed by atoms with E-state index in [2.05, 4.69) is 9.97 Å². The van der Waals surface area contributed by atoms with Crippen molar-refractivity contribution in [2.45, 2.75) is 58.4 Å². The molecule has 0 aromatic carbocycles. The number of aromatic nitrogens is 3. The van der Waals surface area contributed by atoms with E-state index >= 15 is 0 Å². The number of likely N-dealkylation sites (tertiary alicyclic amines) is 1. The molecule has 0 spiro atoms. The number of H-pyrrole nitrogens is 1. The van der Waals surface area contributed by atoms with Crippen molar-refractivity contribution in [3.63, 3.8) is 0 Å². The Labute approximate surface area is 179 Å². The van der Waals surface area contributed by atoms with Crippen LogP contribution in [0.3, 0.4) is 0 Å². The Kier molecular flexibility index (Phi) is 5.93. The molecular formula is C22H28N4O5. The Morgan fingerprint density at radius 1 is 1.23 bits per heavy atom. The second-order valence-electron chi connectivity index (χ2n) is 8.32. The molecule has 2 fully saturated rings. The highest BCUT2D eigenvalue weighted by Crippen LogP contribution is 2.40. The Morgan fingerprint density at radius 3 is 2.68 bits per heavy atom. The van der Waals surface area contributed by atoms with E-state index < -0.39 is 11.2 Å². The quantitative estimate of drug-likeness (QED) is 0.702. The Balaban J connectivity index is 1.80. The molecule has 166 valence electrons. The van der Waals surface area contributed by atoms with Crippen molar-refractivity contribution in [2.24, 2.45) is 5.92 Å². The summed E-state index contributed by atoms with van der Waals surface area (Å²) in [5.74, 6) is -0.734. The van der Waals surface area contributed by atoms with Crippen molar-refractivity contribution in [3.05, 3.63) is 38.2 Å². The van der Waals surface area contributed by atoms with Gasteiger partial charge in [-0.25, -0.2) is 9.78 Å². The number of rotatable bonds is 6. The smallest absolute Gasteiger partial charge is 0.329 e. The first-order valence-electron chi connectivity index (χ1n) is 11.1. The summed E-state index contributed by atoms with van der Waals surface area (Å²) in [6.07, 6.45) is 3.99. The minimum atomic E-state index is -0.607. The third-order valence-corrected chi connectivity index (χ3v) is 5.97. The number of hydrogen-bond acceptors (Lipinski definition) is 6. The largest absolute Gasteiger partial charge is 0.466 e. The average molecular weight is 428 g/mol. The predicted octanol–water partition coefficient (Wildman–Crippen LogP) is 1.79. The van der Waals surface area contributed by atoms with Crippen LogP contribution in [0.25, 0.3) is 11.0 Å². The Morgan fingerprint density at radius 2 is 2.00 bits per heavy atom. The van der Waals surface area contributed by atoms with Crippen LogP contribution in [0.15, 0.2) is 15.7 Å². The van der Waals surface area contributed by atoms with Crippen LogP contribution < -0.4 is 11.2 Å². The summed E-state index contributed by atoms with van der Waals surface area (Å²) in [7, 11) is 0. The molecule has 4 rings (SSSR count). The molecule has 1 atom stereocenters. The highest BCUT2D eigenvalue weighted by Gasteiger charge is 2.33. The molecule has 1 saturated carbocycles. The molecule has 3 heterocycles. The highest BCUT2D eigenvalue weighted by molar-refractivity contribution is 6.05. The molecule has 1 N–H and O–H groups in total. The lowest BCUT2D eigenvalue weighted by Crippen LogP contribution is -2.43. The molecule has 1 amide bonds. The normalized spacial score (nSPS) is 18.9. The maximum atomic E-state index is 13.5. The predicted molar refractivity (Wildman–Crippen MR) is 114 cm³/mol. The summed E-state index contributed by atoms with van der Waals surface area (Å²) in [6.45, 7) is 5.15. The molecule has 31 heavy (non-hydrogen) atoms. The molecule has 9 heteroatoms. The number of nitrogens with one attached hydrogen (secondary N) is 1. The lowest BCUT2D eigenvalue weighted by molar-refractivity contribution is -0.149. The molecule has 0 bridgehead atoms. The number of amides is 1.